The molecule has 2 aromatic rings. The fraction of sp³-hybridized carbons (Fsp3) is 0.458. The van der Waals surface area contributed by atoms with Gasteiger partial charge in [-0.3, -0.25) is 4.79 Å². The highest BCUT2D eigenvalue weighted by atomic mass is 16.1. The fourth-order valence-corrected chi connectivity index (χ4v) is 3.51. The van der Waals surface area contributed by atoms with Crippen LogP contribution in [0.4, 0.5) is 17.1 Å². The molecule has 0 heterocycles. The lowest BCUT2D eigenvalue weighted by Crippen LogP contribution is -2.33. The van der Waals surface area contributed by atoms with E-state index in [4.69, 9.17) is 0 Å². The largest absolute Gasteiger partial charge is 0.378 e. The molecule has 0 aliphatic heterocycles. The molecule has 0 aliphatic rings. The fourth-order valence-electron chi connectivity index (χ4n) is 3.51. The highest BCUT2D eigenvalue weighted by molar-refractivity contribution is 6.00. The predicted molar refractivity (Wildman–Crippen MR) is 124 cm³/mol. The van der Waals surface area contributed by atoms with Crippen molar-refractivity contribution in [2.24, 2.45) is 0 Å². The van der Waals surface area contributed by atoms with Gasteiger partial charge in [0, 0.05) is 38.1 Å². The Morgan fingerprint density at radius 1 is 1.00 bits per heavy atom. The molecule has 1 amide bonds. The van der Waals surface area contributed by atoms with Gasteiger partial charge in [-0.2, -0.15) is 0 Å². The minimum Gasteiger partial charge on any atom is -0.378 e. The van der Waals surface area contributed by atoms with Crippen molar-refractivity contribution in [3.05, 3.63) is 54.1 Å². The van der Waals surface area contributed by atoms with Gasteiger partial charge in [-0.1, -0.05) is 26.0 Å². The Morgan fingerprint density at radius 3 is 2.28 bits per heavy atom. The smallest absolute Gasteiger partial charge is 0.253 e. The van der Waals surface area contributed by atoms with Crippen LogP contribution in [-0.2, 0) is 0 Å². The first kappa shape index (κ1) is 22.8. The van der Waals surface area contributed by atoms with Gasteiger partial charge >= 0.3 is 0 Å². The van der Waals surface area contributed by atoms with Crippen molar-refractivity contribution in [3.8, 4) is 0 Å². The van der Waals surface area contributed by atoms with E-state index >= 15 is 0 Å². The molecule has 2 rings (SSSR count). The monoisotopic (exact) mass is 396 g/mol. The van der Waals surface area contributed by atoms with Crippen molar-refractivity contribution in [1.29, 1.82) is 0 Å². The molecule has 0 radical (unpaired) electrons. The predicted octanol–water partition coefficient (Wildman–Crippen LogP) is 4.74. The summed E-state index contributed by atoms with van der Waals surface area (Å²) in [6.45, 7) is 9.47. The summed E-state index contributed by atoms with van der Waals surface area (Å²) in [6, 6.07) is 16.4. The third-order valence-electron chi connectivity index (χ3n) is 5.35. The maximum atomic E-state index is 12.7. The molecule has 2 aromatic carbocycles. The molecular weight excluding hydrogens is 360 g/mol. The molecule has 1 atom stereocenters. The summed E-state index contributed by atoms with van der Waals surface area (Å²) in [4.78, 5) is 17.2. The molecule has 0 saturated carbocycles. The van der Waals surface area contributed by atoms with Crippen LogP contribution in [0.1, 0.15) is 44.0 Å². The Labute approximate surface area is 176 Å². The third kappa shape index (κ3) is 6.79. The second kappa shape index (κ2) is 11.5. The van der Waals surface area contributed by atoms with Gasteiger partial charge in [0.05, 0.1) is 11.3 Å². The van der Waals surface area contributed by atoms with E-state index < -0.39 is 0 Å². The van der Waals surface area contributed by atoms with Gasteiger partial charge in [-0.15, -0.1) is 0 Å². The Balaban J connectivity index is 1.92. The molecular formula is C24H36N4O. The molecule has 1 unspecified atom stereocenters. The average molecular weight is 397 g/mol. The zero-order chi connectivity index (χ0) is 21.2. The van der Waals surface area contributed by atoms with E-state index in [1.54, 1.807) is 0 Å². The Hall–Kier alpha value is -2.53. The molecule has 2 N–H and O–H groups in total. The number of nitrogens with one attached hydrogen (secondary N) is 2. The Morgan fingerprint density at radius 2 is 1.66 bits per heavy atom. The molecule has 0 bridgehead atoms. The summed E-state index contributed by atoms with van der Waals surface area (Å²) in [5.74, 6) is -0.0338. The first-order valence-electron chi connectivity index (χ1n) is 10.6. The van der Waals surface area contributed by atoms with Gasteiger partial charge in [0.2, 0.25) is 0 Å². The highest BCUT2D eigenvalue weighted by Crippen LogP contribution is 2.23. The Kier molecular flexibility index (Phi) is 9.00. The van der Waals surface area contributed by atoms with Gasteiger partial charge in [-0.25, -0.2) is 0 Å². The molecule has 5 nitrogen and oxygen atoms in total. The van der Waals surface area contributed by atoms with Crippen LogP contribution < -0.4 is 15.5 Å². The van der Waals surface area contributed by atoms with E-state index in [1.165, 1.54) is 0 Å². The summed E-state index contributed by atoms with van der Waals surface area (Å²) in [5, 5.41) is 6.45. The summed E-state index contributed by atoms with van der Waals surface area (Å²) >= 11 is 0. The zero-order valence-corrected chi connectivity index (χ0v) is 18.5. The summed E-state index contributed by atoms with van der Waals surface area (Å²) in [6.07, 6.45) is 2.06. The van der Waals surface area contributed by atoms with Crippen LogP contribution in [0.3, 0.4) is 0 Å². The average Bonchev–Trinajstić information content (AvgIpc) is 2.72. The van der Waals surface area contributed by atoms with Crippen molar-refractivity contribution in [3.63, 3.8) is 0 Å². The first-order valence-corrected chi connectivity index (χ1v) is 10.6. The van der Waals surface area contributed by atoms with Crippen molar-refractivity contribution in [2.75, 3.05) is 43.9 Å². The molecule has 158 valence electrons. The van der Waals surface area contributed by atoms with Crippen molar-refractivity contribution in [2.45, 2.75) is 39.7 Å². The molecule has 0 aromatic heterocycles. The summed E-state index contributed by atoms with van der Waals surface area (Å²) in [7, 11) is 4.04. The SMILES string of the molecule is CCN(CC)C(C)CCCNC(=O)c1ccccc1Nc1ccc(N(C)C)cc1. The van der Waals surface area contributed by atoms with E-state index in [0.29, 0.717) is 18.2 Å². The van der Waals surface area contributed by atoms with E-state index in [2.05, 4.69) is 53.3 Å². The third-order valence-corrected chi connectivity index (χ3v) is 5.35. The van der Waals surface area contributed by atoms with Gasteiger partial charge in [0.25, 0.3) is 5.91 Å². The van der Waals surface area contributed by atoms with Crippen LogP contribution in [0.5, 0.6) is 0 Å². The lowest BCUT2D eigenvalue weighted by atomic mass is 10.1. The molecule has 0 spiro atoms. The lowest BCUT2D eigenvalue weighted by molar-refractivity contribution is 0.0952. The standard InChI is InChI=1S/C24H36N4O/c1-6-28(7-2)19(3)11-10-18-25-24(29)22-12-8-9-13-23(22)26-20-14-16-21(17-15-20)27(4)5/h8-9,12-17,19,26H,6-7,10-11,18H2,1-5H3,(H,25,29). The Bertz CT molecular complexity index is 754. The van der Waals surface area contributed by atoms with Crippen molar-refractivity contribution in [1.82, 2.24) is 10.2 Å². The van der Waals surface area contributed by atoms with Crippen LogP contribution in [-0.4, -0.2) is 50.6 Å². The van der Waals surface area contributed by atoms with Crippen molar-refractivity contribution >= 4 is 23.0 Å². The molecule has 0 saturated heterocycles. The van der Waals surface area contributed by atoms with Gasteiger partial charge in [0.1, 0.15) is 0 Å². The molecule has 0 fully saturated rings. The maximum absolute atomic E-state index is 12.7. The molecule has 5 heteroatoms. The van der Waals surface area contributed by atoms with Crippen LogP contribution in [0.2, 0.25) is 0 Å². The number of amides is 1. The summed E-state index contributed by atoms with van der Waals surface area (Å²) in [5.41, 5.74) is 3.59. The van der Waals surface area contributed by atoms with E-state index in [0.717, 1.165) is 43.0 Å². The minimum atomic E-state index is -0.0338. The number of carbonyl (C=O) groups is 1. The highest BCUT2D eigenvalue weighted by Gasteiger charge is 2.12. The minimum absolute atomic E-state index is 0.0338. The van der Waals surface area contributed by atoms with Gasteiger partial charge < -0.3 is 20.4 Å². The van der Waals surface area contributed by atoms with E-state index in [9.17, 15) is 4.79 Å². The number of hydrogen-bond donors (Lipinski definition) is 2. The maximum Gasteiger partial charge on any atom is 0.253 e. The number of para-hydroxylation sites is 1. The van der Waals surface area contributed by atoms with Crippen LogP contribution in [0.15, 0.2) is 48.5 Å². The number of nitrogens with zero attached hydrogens (tertiary/aromatic N) is 2. The number of anilines is 3. The van der Waals surface area contributed by atoms with Crippen LogP contribution >= 0.6 is 0 Å². The summed E-state index contributed by atoms with van der Waals surface area (Å²) < 4.78 is 0. The topological polar surface area (TPSA) is 47.6 Å². The second-order valence-electron chi connectivity index (χ2n) is 7.58. The normalized spacial score (nSPS) is 11.9. The van der Waals surface area contributed by atoms with Crippen LogP contribution in [0, 0.1) is 0 Å². The number of rotatable bonds is 11. The van der Waals surface area contributed by atoms with Crippen molar-refractivity contribution < 1.29 is 4.79 Å². The van der Waals surface area contributed by atoms with E-state index in [-0.39, 0.29) is 5.91 Å². The van der Waals surface area contributed by atoms with E-state index in [1.807, 2.05) is 50.5 Å². The zero-order valence-electron chi connectivity index (χ0n) is 18.5. The number of hydrogen-bond acceptors (Lipinski definition) is 4. The van der Waals surface area contributed by atoms with Gasteiger partial charge in [-0.05, 0) is 69.3 Å². The van der Waals surface area contributed by atoms with Gasteiger partial charge in [0.15, 0.2) is 0 Å². The molecule has 29 heavy (non-hydrogen) atoms. The second-order valence-corrected chi connectivity index (χ2v) is 7.58. The number of carbonyl (C=O) groups excluding carboxylic acids is 1. The lowest BCUT2D eigenvalue weighted by Gasteiger charge is -2.26. The number of benzene rings is 2. The quantitative estimate of drug-likeness (QED) is 0.539. The van der Waals surface area contributed by atoms with Crippen LogP contribution in [0.25, 0.3) is 0 Å². The molecule has 0 aliphatic carbocycles. The first-order chi connectivity index (χ1) is 14.0.